The van der Waals surface area contributed by atoms with Gasteiger partial charge >= 0.3 is 5.97 Å². The number of nitrogens with zero attached hydrogens (tertiary/aromatic N) is 2. The van der Waals surface area contributed by atoms with Crippen molar-refractivity contribution in [2.45, 2.75) is 18.7 Å². The first kappa shape index (κ1) is 23.2. The Hall–Kier alpha value is -3.97. The molecule has 0 atom stereocenters. The highest BCUT2D eigenvalue weighted by molar-refractivity contribution is 7.92. The van der Waals surface area contributed by atoms with Gasteiger partial charge in [-0.25, -0.2) is 18.2 Å². The third-order valence-corrected chi connectivity index (χ3v) is 7.20. The van der Waals surface area contributed by atoms with Gasteiger partial charge in [0.1, 0.15) is 0 Å². The summed E-state index contributed by atoms with van der Waals surface area (Å²) >= 11 is 0. The van der Waals surface area contributed by atoms with Crippen LogP contribution in [-0.2, 0) is 19.6 Å². The van der Waals surface area contributed by atoms with Crippen LogP contribution < -0.4 is 4.31 Å². The van der Waals surface area contributed by atoms with Gasteiger partial charge in [-0.2, -0.15) is 0 Å². The number of carbonyl (C=O) groups excluding carboxylic acids is 1. The SMILES string of the molecule is C=CCN(c1ccccc1C1=N/C(=C\c2ccccc2C)C(=O)O1)S(=O)(=O)c1ccc(C)cc1. The third kappa shape index (κ3) is 4.56. The fourth-order valence-electron chi connectivity index (χ4n) is 3.57. The van der Waals surface area contributed by atoms with Crippen LogP contribution in [0.2, 0.25) is 0 Å². The van der Waals surface area contributed by atoms with Crippen LogP contribution in [-0.4, -0.2) is 26.8 Å². The molecule has 0 bridgehead atoms. The maximum Gasteiger partial charge on any atom is 0.363 e. The predicted octanol–water partition coefficient (Wildman–Crippen LogP) is 5.03. The van der Waals surface area contributed by atoms with Crippen LogP contribution in [0.1, 0.15) is 22.3 Å². The van der Waals surface area contributed by atoms with E-state index in [1.807, 2.05) is 38.1 Å². The lowest BCUT2D eigenvalue weighted by atomic mass is 10.1. The largest absolute Gasteiger partial charge is 0.402 e. The maximum atomic E-state index is 13.5. The molecule has 0 saturated heterocycles. The predicted molar refractivity (Wildman–Crippen MR) is 134 cm³/mol. The molecule has 0 unspecified atom stereocenters. The van der Waals surface area contributed by atoms with Crippen molar-refractivity contribution in [2.75, 3.05) is 10.8 Å². The Labute approximate surface area is 199 Å². The van der Waals surface area contributed by atoms with Crippen molar-refractivity contribution >= 4 is 33.7 Å². The van der Waals surface area contributed by atoms with Gasteiger partial charge in [-0.05, 0) is 55.3 Å². The Kier molecular flexibility index (Phi) is 6.47. The van der Waals surface area contributed by atoms with E-state index in [1.54, 1.807) is 54.6 Å². The molecule has 0 radical (unpaired) electrons. The van der Waals surface area contributed by atoms with Gasteiger partial charge in [0.25, 0.3) is 10.0 Å². The number of sulfonamides is 1. The molecule has 0 fully saturated rings. The normalized spacial score (nSPS) is 14.6. The first-order valence-corrected chi connectivity index (χ1v) is 12.1. The van der Waals surface area contributed by atoms with E-state index < -0.39 is 16.0 Å². The molecule has 0 aromatic heterocycles. The van der Waals surface area contributed by atoms with Crippen molar-refractivity contribution in [1.29, 1.82) is 0 Å². The van der Waals surface area contributed by atoms with Gasteiger partial charge in [0.15, 0.2) is 5.70 Å². The van der Waals surface area contributed by atoms with Gasteiger partial charge in [0.2, 0.25) is 5.90 Å². The molecule has 1 aliphatic heterocycles. The summed E-state index contributed by atoms with van der Waals surface area (Å²) in [5, 5.41) is 0. The van der Waals surface area contributed by atoms with Crippen molar-refractivity contribution in [3.63, 3.8) is 0 Å². The number of cyclic esters (lactones) is 1. The Bertz CT molecular complexity index is 1420. The monoisotopic (exact) mass is 472 g/mol. The second kappa shape index (κ2) is 9.49. The summed E-state index contributed by atoms with van der Waals surface area (Å²) < 4.78 is 33.8. The summed E-state index contributed by atoms with van der Waals surface area (Å²) in [7, 11) is -3.91. The number of aliphatic imine (C=N–C) groups is 1. The molecular formula is C27H24N2O4S. The Morgan fingerprint density at radius 3 is 2.35 bits per heavy atom. The number of hydrogen-bond acceptors (Lipinski definition) is 5. The molecule has 1 aliphatic rings. The van der Waals surface area contributed by atoms with Gasteiger partial charge in [-0.1, -0.05) is 60.2 Å². The summed E-state index contributed by atoms with van der Waals surface area (Å²) in [6.07, 6.45) is 3.17. The highest BCUT2D eigenvalue weighted by atomic mass is 32.2. The van der Waals surface area contributed by atoms with Crippen molar-refractivity contribution < 1.29 is 17.9 Å². The fourth-order valence-corrected chi connectivity index (χ4v) is 5.03. The van der Waals surface area contributed by atoms with Crippen molar-refractivity contribution in [1.82, 2.24) is 0 Å². The number of carbonyl (C=O) groups is 1. The Morgan fingerprint density at radius 1 is 0.971 bits per heavy atom. The molecule has 172 valence electrons. The molecule has 34 heavy (non-hydrogen) atoms. The van der Waals surface area contributed by atoms with E-state index in [-0.39, 0.29) is 23.0 Å². The summed E-state index contributed by atoms with van der Waals surface area (Å²) in [5.41, 5.74) is 3.68. The minimum atomic E-state index is -3.91. The van der Waals surface area contributed by atoms with E-state index in [4.69, 9.17) is 4.74 Å². The maximum absolute atomic E-state index is 13.5. The topological polar surface area (TPSA) is 76.0 Å². The van der Waals surface area contributed by atoms with Gasteiger partial charge in [-0.3, -0.25) is 4.31 Å². The van der Waals surface area contributed by atoms with E-state index >= 15 is 0 Å². The van der Waals surface area contributed by atoms with Crippen LogP contribution in [0.4, 0.5) is 5.69 Å². The highest BCUT2D eigenvalue weighted by Gasteiger charge is 2.31. The van der Waals surface area contributed by atoms with Crippen LogP contribution in [0.25, 0.3) is 6.08 Å². The quantitative estimate of drug-likeness (QED) is 0.275. The lowest BCUT2D eigenvalue weighted by molar-refractivity contribution is -0.129. The summed E-state index contributed by atoms with van der Waals surface area (Å²) in [6, 6.07) is 21.0. The molecular weight excluding hydrogens is 448 g/mol. The van der Waals surface area contributed by atoms with Gasteiger partial charge in [0.05, 0.1) is 22.7 Å². The lowest BCUT2D eigenvalue weighted by Crippen LogP contribution is -2.32. The van der Waals surface area contributed by atoms with E-state index in [0.717, 1.165) is 16.7 Å². The third-order valence-electron chi connectivity index (χ3n) is 5.41. The van der Waals surface area contributed by atoms with Crippen LogP contribution in [0, 0.1) is 13.8 Å². The van der Waals surface area contributed by atoms with Crippen molar-refractivity contribution in [3.8, 4) is 0 Å². The molecule has 0 saturated carbocycles. The van der Waals surface area contributed by atoms with Gasteiger partial charge < -0.3 is 4.74 Å². The molecule has 3 aromatic rings. The molecule has 6 nitrogen and oxygen atoms in total. The van der Waals surface area contributed by atoms with E-state index in [1.165, 1.54) is 10.4 Å². The first-order valence-electron chi connectivity index (χ1n) is 10.7. The second-order valence-corrected chi connectivity index (χ2v) is 9.71. The smallest absolute Gasteiger partial charge is 0.363 e. The molecule has 0 spiro atoms. The minimum Gasteiger partial charge on any atom is -0.402 e. The molecule has 0 amide bonds. The van der Waals surface area contributed by atoms with E-state index in [2.05, 4.69) is 11.6 Å². The Balaban J connectivity index is 1.79. The number of benzene rings is 3. The summed E-state index contributed by atoms with van der Waals surface area (Å²) in [6.45, 7) is 7.58. The molecule has 0 aliphatic carbocycles. The van der Waals surface area contributed by atoms with Gasteiger partial charge in [0, 0.05) is 0 Å². The first-order chi connectivity index (χ1) is 16.3. The number of para-hydroxylation sites is 1. The van der Waals surface area contributed by atoms with Crippen molar-refractivity contribution in [2.24, 2.45) is 4.99 Å². The average Bonchev–Trinajstić information content (AvgIpc) is 3.19. The van der Waals surface area contributed by atoms with E-state index in [9.17, 15) is 13.2 Å². The standard InChI is InChI=1S/C27H24N2O4S/c1-4-17-29(34(31,32)22-15-13-19(2)14-16-22)25-12-8-7-11-23(25)26-28-24(27(30)33-26)18-21-10-6-5-9-20(21)3/h4-16,18H,1,17H2,2-3H3/b24-18-. The Morgan fingerprint density at radius 2 is 1.65 bits per heavy atom. The molecule has 7 heteroatoms. The molecule has 3 aromatic carbocycles. The molecule has 4 rings (SSSR count). The average molecular weight is 473 g/mol. The van der Waals surface area contributed by atoms with Gasteiger partial charge in [-0.15, -0.1) is 6.58 Å². The molecule has 0 N–H and O–H groups in total. The second-order valence-electron chi connectivity index (χ2n) is 7.85. The number of esters is 1. The zero-order valence-corrected chi connectivity index (χ0v) is 19.7. The minimum absolute atomic E-state index is 0.0281. The van der Waals surface area contributed by atoms with Crippen LogP contribution in [0.15, 0.2) is 101 Å². The number of anilines is 1. The fraction of sp³-hybridized carbons (Fsp3) is 0.111. The van der Waals surface area contributed by atoms with Crippen LogP contribution in [0.3, 0.4) is 0 Å². The number of rotatable bonds is 7. The number of aryl methyl sites for hydroxylation is 2. The zero-order chi connectivity index (χ0) is 24.3. The number of ether oxygens (including phenoxy) is 1. The van der Waals surface area contributed by atoms with Crippen LogP contribution >= 0.6 is 0 Å². The summed E-state index contributed by atoms with van der Waals surface area (Å²) in [5.74, 6) is -0.543. The van der Waals surface area contributed by atoms with Crippen LogP contribution in [0.5, 0.6) is 0 Å². The summed E-state index contributed by atoms with van der Waals surface area (Å²) in [4.78, 5) is 17.1. The van der Waals surface area contributed by atoms with E-state index in [0.29, 0.717) is 11.3 Å². The zero-order valence-electron chi connectivity index (χ0n) is 18.9. The highest BCUT2D eigenvalue weighted by Crippen LogP contribution is 2.30. The molecule has 1 heterocycles. The number of hydrogen-bond donors (Lipinski definition) is 0. The lowest BCUT2D eigenvalue weighted by Gasteiger charge is -2.25. The van der Waals surface area contributed by atoms with Crippen molar-refractivity contribution in [3.05, 3.63) is 113 Å².